The molecule has 0 bridgehead atoms. The Bertz CT molecular complexity index is 1140. The van der Waals surface area contributed by atoms with Crippen molar-refractivity contribution in [2.24, 2.45) is 0 Å². The molecule has 0 saturated carbocycles. The Morgan fingerprint density at radius 3 is 2.40 bits per heavy atom. The Labute approximate surface area is 176 Å². The van der Waals surface area contributed by atoms with Crippen LogP contribution in [-0.4, -0.2) is 51.1 Å². The molecule has 0 radical (unpaired) electrons. The topological polar surface area (TPSA) is 78.0 Å². The smallest absolute Gasteiger partial charge is 0.243 e. The lowest BCUT2D eigenvalue weighted by Gasteiger charge is -2.31. The number of pyridine rings is 1. The summed E-state index contributed by atoms with van der Waals surface area (Å²) in [5.41, 5.74) is 0.820. The summed E-state index contributed by atoms with van der Waals surface area (Å²) in [6.45, 7) is 0.777. The van der Waals surface area contributed by atoms with Crippen LogP contribution >= 0.6 is 0 Å². The quantitative estimate of drug-likeness (QED) is 0.598. The number of aromatic nitrogens is 1. The minimum absolute atomic E-state index is 0.0607. The summed E-state index contributed by atoms with van der Waals surface area (Å²) in [4.78, 5) is 4.61. The van der Waals surface area contributed by atoms with Crippen LogP contribution in [0.3, 0.4) is 0 Å². The van der Waals surface area contributed by atoms with E-state index in [4.69, 9.17) is 14.2 Å². The van der Waals surface area contributed by atoms with Crippen LogP contribution in [0.5, 0.6) is 17.2 Å². The summed E-state index contributed by atoms with van der Waals surface area (Å²) in [6, 6.07) is 14.4. The maximum atomic E-state index is 13.1. The van der Waals surface area contributed by atoms with Gasteiger partial charge in [-0.2, -0.15) is 4.31 Å². The van der Waals surface area contributed by atoms with E-state index in [2.05, 4.69) is 4.98 Å². The van der Waals surface area contributed by atoms with Gasteiger partial charge in [-0.25, -0.2) is 8.42 Å². The number of sulfonamides is 1. The number of nitrogens with zero attached hydrogens (tertiary/aromatic N) is 2. The molecule has 0 aliphatic carbocycles. The van der Waals surface area contributed by atoms with E-state index >= 15 is 0 Å². The molecule has 8 heteroatoms. The van der Waals surface area contributed by atoms with Gasteiger partial charge in [0.1, 0.15) is 17.4 Å². The molecule has 1 aliphatic heterocycles. The van der Waals surface area contributed by atoms with Crippen molar-refractivity contribution < 1.29 is 22.6 Å². The highest BCUT2D eigenvalue weighted by Gasteiger charge is 2.31. The van der Waals surface area contributed by atoms with E-state index in [0.29, 0.717) is 37.4 Å². The molecule has 158 valence electrons. The molecule has 1 fully saturated rings. The molecule has 0 atom stereocenters. The van der Waals surface area contributed by atoms with Crippen LogP contribution in [0.2, 0.25) is 0 Å². The largest absolute Gasteiger partial charge is 0.493 e. The average molecular weight is 429 g/mol. The van der Waals surface area contributed by atoms with E-state index in [1.54, 1.807) is 18.3 Å². The van der Waals surface area contributed by atoms with Crippen molar-refractivity contribution >= 4 is 20.9 Å². The second-order valence-electron chi connectivity index (χ2n) is 7.07. The predicted molar refractivity (Wildman–Crippen MR) is 114 cm³/mol. The molecule has 30 heavy (non-hydrogen) atoms. The molecule has 1 aliphatic rings. The average Bonchev–Trinajstić information content (AvgIpc) is 2.79. The first kappa shape index (κ1) is 20.4. The zero-order chi connectivity index (χ0) is 21.1. The third kappa shape index (κ3) is 3.93. The van der Waals surface area contributed by atoms with Crippen molar-refractivity contribution in [3.05, 3.63) is 54.7 Å². The van der Waals surface area contributed by atoms with Crippen LogP contribution in [0.25, 0.3) is 10.9 Å². The molecule has 4 rings (SSSR count). The van der Waals surface area contributed by atoms with E-state index in [0.717, 1.165) is 16.7 Å². The summed E-state index contributed by atoms with van der Waals surface area (Å²) in [5, 5.41) is 1.02. The first-order chi connectivity index (χ1) is 14.5. The minimum atomic E-state index is -3.62. The normalized spacial score (nSPS) is 15.8. The lowest BCUT2D eigenvalue weighted by atomic mass is 10.1. The molecule has 7 nitrogen and oxygen atoms in total. The molecule has 0 N–H and O–H groups in total. The van der Waals surface area contributed by atoms with E-state index in [-0.39, 0.29) is 11.0 Å². The SMILES string of the molecule is COc1ccc(S(=O)(=O)N2CCC(Oc3cccc4cccnc34)CC2)cc1OC. The lowest BCUT2D eigenvalue weighted by Crippen LogP contribution is -2.41. The molecule has 1 saturated heterocycles. The summed E-state index contributed by atoms with van der Waals surface area (Å²) >= 11 is 0. The summed E-state index contributed by atoms with van der Waals surface area (Å²) in [6.07, 6.45) is 2.90. The zero-order valence-corrected chi connectivity index (χ0v) is 17.8. The fraction of sp³-hybridized carbons (Fsp3) is 0.318. The van der Waals surface area contributed by atoms with Crippen molar-refractivity contribution in [3.63, 3.8) is 0 Å². The lowest BCUT2D eigenvalue weighted by molar-refractivity contribution is 0.136. The summed E-state index contributed by atoms with van der Waals surface area (Å²) in [7, 11) is -0.619. The van der Waals surface area contributed by atoms with Gasteiger partial charge in [0, 0.05) is 30.7 Å². The number of rotatable bonds is 6. The van der Waals surface area contributed by atoms with Crippen molar-refractivity contribution in [1.82, 2.24) is 9.29 Å². The highest BCUT2D eigenvalue weighted by atomic mass is 32.2. The maximum Gasteiger partial charge on any atom is 0.243 e. The first-order valence-electron chi connectivity index (χ1n) is 9.75. The van der Waals surface area contributed by atoms with Crippen molar-refractivity contribution in [3.8, 4) is 17.2 Å². The Balaban J connectivity index is 1.46. The Hall–Kier alpha value is -2.84. The van der Waals surface area contributed by atoms with Gasteiger partial charge in [-0.1, -0.05) is 18.2 Å². The van der Waals surface area contributed by atoms with Crippen molar-refractivity contribution in [1.29, 1.82) is 0 Å². The number of hydrogen-bond acceptors (Lipinski definition) is 6. The van der Waals surface area contributed by atoms with E-state index < -0.39 is 10.0 Å². The highest BCUT2D eigenvalue weighted by molar-refractivity contribution is 7.89. The van der Waals surface area contributed by atoms with Crippen molar-refractivity contribution in [2.45, 2.75) is 23.8 Å². The van der Waals surface area contributed by atoms with Gasteiger partial charge in [-0.05, 0) is 37.1 Å². The molecule has 3 aromatic rings. The fourth-order valence-electron chi connectivity index (χ4n) is 3.67. The van der Waals surface area contributed by atoms with Gasteiger partial charge >= 0.3 is 0 Å². The van der Waals surface area contributed by atoms with Gasteiger partial charge in [-0.15, -0.1) is 0 Å². The molecular formula is C22H24N2O5S. The van der Waals surface area contributed by atoms with Gasteiger partial charge in [0.15, 0.2) is 11.5 Å². The Kier molecular flexibility index (Phi) is 5.78. The number of ether oxygens (including phenoxy) is 3. The second-order valence-corrected chi connectivity index (χ2v) is 9.01. The van der Waals surface area contributed by atoms with Crippen LogP contribution in [-0.2, 0) is 10.0 Å². The maximum absolute atomic E-state index is 13.1. The van der Waals surface area contributed by atoms with Crippen LogP contribution in [0.1, 0.15) is 12.8 Å². The molecule has 2 aromatic carbocycles. The van der Waals surface area contributed by atoms with Gasteiger partial charge in [-0.3, -0.25) is 4.98 Å². The number of piperidine rings is 1. The van der Waals surface area contributed by atoms with Gasteiger partial charge in [0.2, 0.25) is 10.0 Å². The van der Waals surface area contributed by atoms with Gasteiger partial charge in [0.05, 0.1) is 19.1 Å². The molecule has 2 heterocycles. The molecule has 0 unspecified atom stereocenters. The van der Waals surface area contributed by atoms with Gasteiger partial charge < -0.3 is 14.2 Å². The summed E-state index contributed by atoms with van der Waals surface area (Å²) < 4.78 is 44.3. The predicted octanol–water partition coefficient (Wildman–Crippen LogP) is 3.48. The molecule has 1 aromatic heterocycles. The summed E-state index contributed by atoms with van der Waals surface area (Å²) in [5.74, 6) is 1.61. The monoisotopic (exact) mass is 428 g/mol. The first-order valence-corrected chi connectivity index (χ1v) is 11.2. The Morgan fingerprint density at radius 1 is 0.933 bits per heavy atom. The molecular weight excluding hydrogens is 404 g/mol. The fourth-order valence-corrected chi connectivity index (χ4v) is 5.15. The Morgan fingerprint density at radius 2 is 1.67 bits per heavy atom. The third-order valence-electron chi connectivity index (χ3n) is 5.28. The van der Waals surface area contributed by atoms with E-state index in [1.165, 1.54) is 24.6 Å². The van der Waals surface area contributed by atoms with Crippen LogP contribution < -0.4 is 14.2 Å². The van der Waals surface area contributed by atoms with E-state index in [1.807, 2.05) is 30.3 Å². The molecule has 0 spiro atoms. The standard InChI is InChI=1S/C22H24N2O5S/c1-27-19-9-8-18(15-21(19)28-2)30(25,26)24-13-10-17(11-14-24)29-20-7-3-5-16-6-4-12-23-22(16)20/h3-9,12,15,17H,10-11,13-14H2,1-2H3. The number of benzene rings is 2. The minimum Gasteiger partial charge on any atom is -0.493 e. The number of fused-ring (bicyclic) bond motifs is 1. The number of hydrogen-bond donors (Lipinski definition) is 0. The van der Waals surface area contributed by atoms with Crippen LogP contribution in [0, 0.1) is 0 Å². The second kappa shape index (κ2) is 8.49. The highest BCUT2D eigenvalue weighted by Crippen LogP contribution is 2.32. The molecule has 0 amide bonds. The van der Waals surface area contributed by atoms with Crippen LogP contribution in [0.4, 0.5) is 0 Å². The third-order valence-corrected chi connectivity index (χ3v) is 7.18. The van der Waals surface area contributed by atoms with Crippen molar-refractivity contribution in [2.75, 3.05) is 27.3 Å². The van der Waals surface area contributed by atoms with Crippen LogP contribution in [0.15, 0.2) is 59.6 Å². The number of para-hydroxylation sites is 1. The number of methoxy groups -OCH3 is 2. The van der Waals surface area contributed by atoms with Gasteiger partial charge in [0.25, 0.3) is 0 Å². The zero-order valence-electron chi connectivity index (χ0n) is 16.9. The van der Waals surface area contributed by atoms with E-state index in [9.17, 15) is 8.42 Å².